The van der Waals surface area contributed by atoms with E-state index in [9.17, 15) is 0 Å². The standard InChI is InChI=1S/C11H13Cl2N5O/c1-2-14-10-7(12)5-8(13)11(18-10)15-4-3-9-16-6-17-19-9/h5-6H,2-4H2,1H3,(H2,14,15,18). The third-order valence-corrected chi connectivity index (χ3v) is 2.89. The predicted molar refractivity (Wildman–Crippen MR) is 74.9 cm³/mol. The van der Waals surface area contributed by atoms with E-state index in [0.29, 0.717) is 40.5 Å². The summed E-state index contributed by atoms with van der Waals surface area (Å²) in [6.45, 7) is 3.28. The van der Waals surface area contributed by atoms with Crippen molar-refractivity contribution < 1.29 is 4.52 Å². The van der Waals surface area contributed by atoms with Crippen LogP contribution in [0.5, 0.6) is 0 Å². The minimum atomic E-state index is 0.470. The van der Waals surface area contributed by atoms with E-state index in [1.54, 1.807) is 6.07 Å². The first kappa shape index (κ1) is 13.9. The highest BCUT2D eigenvalue weighted by molar-refractivity contribution is 6.37. The molecule has 0 fully saturated rings. The van der Waals surface area contributed by atoms with E-state index in [4.69, 9.17) is 27.7 Å². The van der Waals surface area contributed by atoms with E-state index in [1.165, 1.54) is 6.33 Å². The zero-order valence-electron chi connectivity index (χ0n) is 10.3. The third kappa shape index (κ3) is 3.71. The zero-order chi connectivity index (χ0) is 13.7. The average Bonchev–Trinajstić information content (AvgIpc) is 2.88. The Balaban J connectivity index is 2.00. The number of hydrogen-bond acceptors (Lipinski definition) is 6. The molecule has 0 aliphatic carbocycles. The van der Waals surface area contributed by atoms with E-state index in [1.807, 2.05) is 6.92 Å². The molecule has 2 N–H and O–H groups in total. The van der Waals surface area contributed by atoms with Gasteiger partial charge in [0.1, 0.15) is 11.6 Å². The Bertz CT molecular complexity index is 532. The maximum atomic E-state index is 6.07. The maximum Gasteiger partial charge on any atom is 0.228 e. The maximum absolute atomic E-state index is 6.07. The fourth-order valence-electron chi connectivity index (χ4n) is 1.48. The molecule has 2 aromatic rings. The number of halogens is 2. The second kappa shape index (κ2) is 6.58. The van der Waals surface area contributed by atoms with Crippen LogP contribution in [0.3, 0.4) is 0 Å². The van der Waals surface area contributed by atoms with Gasteiger partial charge >= 0.3 is 0 Å². The summed E-state index contributed by atoms with van der Waals surface area (Å²) in [5.41, 5.74) is 0. The molecule has 102 valence electrons. The van der Waals surface area contributed by atoms with Gasteiger partial charge in [-0.05, 0) is 13.0 Å². The Morgan fingerprint density at radius 2 is 1.95 bits per heavy atom. The Hall–Kier alpha value is -1.53. The van der Waals surface area contributed by atoms with Crippen LogP contribution >= 0.6 is 23.2 Å². The molecule has 0 saturated heterocycles. The van der Waals surface area contributed by atoms with Gasteiger partial charge < -0.3 is 15.2 Å². The minimum absolute atomic E-state index is 0.470. The molecular formula is C11H13Cl2N5O. The van der Waals surface area contributed by atoms with Gasteiger partial charge in [0.25, 0.3) is 0 Å². The Kier molecular flexibility index (Phi) is 4.81. The van der Waals surface area contributed by atoms with E-state index in [2.05, 4.69) is 25.8 Å². The Labute approximate surface area is 120 Å². The molecule has 0 atom stereocenters. The van der Waals surface area contributed by atoms with Gasteiger partial charge in [-0.2, -0.15) is 4.98 Å². The minimum Gasteiger partial charge on any atom is -0.369 e. The average molecular weight is 302 g/mol. The van der Waals surface area contributed by atoms with Gasteiger partial charge in [-0.25, -0.2) is 4.98 Å². The first-order chi connectivity index (χ1) is 9.20. The number of anilines is 2. The molecule has 0 radical (unpaired) electrons. The molecule has 0 bridgehead atoms. The molecule has 2 rings (SSSR count). The second-order valence-corrected chi connectivity index (χ2v) is 4.51. The Morgan fingerprint density at radius 3 is 2.58 bits per heavy atom. The summed E-state index contributed by atoms with van der Waals surface area (Å²) in [6, 6.07) is 1.66. The number of nitrogens with zero attached hydrogens (tertiary/aromatic N) is 3. The molecule has 0 spiro atoms. The third-order valence-electron chi connectivity index (χ3n) is 2.31. The van der Waals surface area contributed by atoms with Crippen molar-refractivity contribution in [2.45, 2.75) is 13.3 Å². The highest BCUT2D eigenvalue weighted by atomic mass is 35.5. The molecule has 2 heterocycles. The molecule has 8 heteroatoms. The van der Waals surface area contributed by atoms with Crippen LogP contribution in [0.2, 0.25) is 10.0 Å². The summed E-state index contributed by atoms with van der Waals surface area (Å²) >= 11 is 12.1. The van der Waals surface area contributed by atoms with Crippen LogP contribution in [0.4, 0.5) is 11.6 Å². The summed E-state index contributed by atoms with van der Waals surface area (Å²) in [4.78, 5) is 8.25. The van der Waals surface area contributed by atoms with Gasteiger partial charge in [-0.1, -0.05) is 28.4 Å². The van der Waals surface area contributed by atoms with Crippen molar-refractivity contribution in [1.82, 2.24) is 15.1 Å². The van der Waals surface area contributed by atoms with E-state index in [0.717, 1.165) is 6.54 Å². The van der Waals surface area contributed by atoms with Crippen molar-refractivity contribution in [3.8, 4) is 0 Å². The normalized spacial score (nSPS) is 10.5. The smallest absolute Gasteiger partial charge is 0.228 e. The first-order valence-corrected chi connectivity index (χ1v) is 6.55. The highest BCUT2D eigenvalue weighted by Gasteiger charge is 2.09. The van der Waals surface area contributed by atoms with Gasteiger partial charge in [0, 0.05) is 19.5 Å². The van der Waals surface area contributed by atoms with Crippen LogP contribution < -0.4 is 10.6 Å². The highest BCUT2D eigenvalue weighted by Crippen LogP contribution is 2.28. The van der Waals surface area contributed by atoms with E-state index < -0.39 is 0 Å². The van der Waals surface area contributed by atoms with Crippen molar-refractivity contribution >= 4 is 34.8 Å². The van der Waals surface area contributed by atoms with Crippen molar-refractivity contribution in [3.63, 3.8) is 0 Å². The van der Waals surface area contributed by atoms with Crippen molar-refractivity contribution in [1.29, 1.82) is 0 Å². The number of pyridine rings is 1. The molecule has 19 heavy (non-hydrogen) atoms. The summed E-state index contributed by atoms with van der Waals surface area (Å²) in [5, 5.41) is 10.7. The van der Waals surface area contributed by atoms with Gasteiger partial charge in [0.05, 0.1) is 10.0 Å². The Morgan fingerprint density at radius 1 is 1.21 bits per heavy atom. The fourth-order valence-corrected chi connectivity index (χ4v) is 1.97. The lowest BCUT2D eigenvalue weighted by atomic mass is 10.4. The summed E-state index contributed by atoms with van der Waals surface area (Å²) in [6.07, 6.45) is 1.96. The lowest BCUT2D eigenvalue weighted by Crippen LogP contribution is -2.09. The lowest BCUT2D eigenvalue weighted by molar-refractivity contribution is 0.379. The van der Waals surface area contributed by atoms with Crippen LogP contribution in [-0.4, -0.2) is 28.2 Å². The molecule has 0 aliphatic rings. The molecular weight excluding hydrogens is 289 g/mol. The molecule has 0 aromatic carbocycles. The quantitative estimate of drug-likeness (QED) is 0.854. The first-order valence-electron chi connectivity index (χ1n) is 5.80. The van der Waals surface area contributed by atoms with Crippen LogP contribution in [-0.2, 0) is 6.42 Å². The van der Waals surface area contributed by atoms with Gasteiger partial charge in [-0.3, -0.25) is 0 Å². The van der Waals surface area contributed by atoms with Gasteiger partial charge in [0.2, 0.25) is 5.89 Å². The number of hydrogen-bond donors (Lipinski definition) is 2. The molecule has 2 aromatic heterocycles. The second-order valence-electron chi connectivity index (χ2n) is 3.69. The molecule has 0 amide bonds. The monoisotopic (exact) mass is 301 g/mol. The summed E-state index contributed by atoms with van der Waals surface area (Å²) < 4.78 is 4.90. The number of nitrogens with one attached hydrogen (secondary N) is 2. The zero-order valence-corrected chi connectivity index (χ0v) is 11.8. The van der Waals surface area contributed by atoms with Crippen molar-refractivity contribution in [3.05, 3.63) is 28.3 Å². The van der Waals surface area contributed by atoms with Crippen molar-refractivity contribution in [2.24, 2.45) is 0 Å². The van der Waals surface area contributed by atoms with Crippen LogP contribution in [0.15, 0.2) is 16.9 Å². The number of rotatable bonds is 6. The summed E-state index contributed by atoms with van der Waals surface area (Å²) in [5.74, 6) is 1.74. The summed E-state index contributed by atoms with van der Waals surface area (Å²) in [7, 11) is 0. The van der Waals surface area contributed by atoms with Crippen LogP contribution in [0.1, 0.15) is 12.8 Å². The fraction of sp³-hybridized carbons (Fsp3) is 0.364. The molecule has 6 nitrogen and oxygen atoms in total. The van der Waals surface area contributed by atoms with Crippen LogP contribution in [0, 0.1) is 0 Å². The largest absolute Gasteiger partial charge is 0.369 e. The molecule has 0 saturated carbocycles. The van der Waals surface area contributed by atoms with Crippen LogP contribution in [0.25, 0.3) is 0 Å². The topological polar surface area (TPSA) is 75.9 Å². The number of aromatic nitrogens is 3. The van der Waals surface area contributed by atoms with E-state index >= 15 is 0 Å². The molecule has 0 unspecified atom stereocenters. The predicted octanol–water partition coefficient (Wildman–Crippen LogP) is 2.86. The SMILES string of the molecule is CCNc1nc(NCCc2ncno2)c(Cl)cc1Cl. The molecule has 0 aliphatic heterocycles. The van der Waals surface area contributed by atoms with Crippen molar-refractivity contribution in [2.75, 3.05) is 23.7 Å². The lowest BCUT2D eigenvalue weighted by Gasteiger charge is -2.11. The van der Waals surface area contributed by atoms with Gasteiger partial charge in [0.15, 0.2) is 6.33 Å². The van der Waals surface area contributed by atoms with Gasteiger partial charge in [-0.15, -0.1) is 0 Å². The van der Waals surface area contributed by atoms with E-state index in [-0.39, 0.29) is 0 Å².